The summed E-state index contributed by atoms with van der Waals surface area (Å²) in [7, 11) is 0. The highest BCUT2D eigenvalue weighted by molar-refractivity contribution is 4.80. The van der Waals surface area contributed by atoms with Gasteiger partial charge >= 0.3 is 0 Å². The molecule has 0 spiro atoms. The molecule has 0 aliphatic carbocycles. The highest BCUT2D eigenvalue weighted by atomic mass is 16.7. The zero-order chi connectivity index (χ0) is 8.70. The van der Waals surface area contributed by atoms with Gasteiger partial charge in [0.2, 0.25) is 0 Å². The molecule has 0 aromatic rings. The molecule has 1 heterocycles. The summed E-state index contributed by atoms with van der Waals surface area (Å²) in [5.74, 6) is -0.416. The first kappa shape index (κ1) is 9.01. The normalized spacial score (nSPS) is 35.2. The van der Waals surface area contributed by atoms with Crippen LogP contribution in [0.15, 0.2) is 0 Å². The average Bonchev–Trinajstić information content (AvgIpc) is 1.49. The number of hydrogen-bond acceptors (Lipinski definition) is 2. The quantitative estimate of drug-likeness (QED) is 0.538. The van der Waals surface area contributed by atoms with E-state index in [0.717, 1.165) is 6.42 Å². The van der Waals surface area contributed by atoms with Gasteiger partial charge in [0.25, 0.3) is 0 Å². The molecule has 0 saturated carbocycles. The van der Waals surface area contributed by atoms with Crippen molar-refractivity contribution in [2.45, 2.75) is 58.5 Å². The second kappa shape index (κ2) is 2.46. The molecule has 0 radical (unpaired) electrons. The van der Waals surface area contributed by atoms with E-state index in [0.29, 0.717) is 6.10 Å². The van der Waals surface area contributed by atoms with E-state index in [-0.39, 0.29) is 5.60 Å². The van der Waals surface area contributed by atoms with Crippen LogP contribution in [-0.4, -0.2) is 17.5 Å². The van der Waals surface area contributed by atoms with Crippen LogP contribution in [0.2, 0.25) is 0 Å². The Balaban J connectivity index is 2.66. The Kier molecular flexibility index (Phi) is 2.01. The van der Waals surface area contributed by atoms with Crippen LogP contribution in [0.5, 0.6) is 0 Å². The number of rotatable bonds is 0. The van der Waals surface area contributed by atoms with Gasteiger partial charge in [0, 0.05) is 6.42 Å². The number of ether oxygens (including phenoxy) is 2. The minimum Gasteiger partial charge on any atom is -0.347 e. The molecule has 0 amide bonds. The fourth-order valence-electron chi connectivity index (χ4n) is 1.95. The lowest BCUT2D eigenvalue weighted by molar-refractivity contribution is -0.321. The summed E-state index contributed by atoms with van der Waals surface area (Å²) >= 11 is 0. The fraction of sp³-hybridized carbons (Fsp3) is 1.00. The van der Waals surface area contributed by atoms with Crippen LogP contribution < -0.4 is 0 Å². The Morgan fingerprint density at radius 1 is 1.18 bits per heavy atom. The van der Waals surface area contributed by atoms with E-state index in [9.17, 15) is 0 Å². The predicted octanol–water partition coefficient (Wildman–Crippen LogP) is 2.33. The van der Waals surface area contributed by atoms with Crippen molar-refractivity contribution in [2.75, 3.05) is 0 Å². The van der Waals surface area contributed by atoms with Crippen molar-refractivity contribution in [1.82, 2.24) is 0 Å². The minimum atomic E-state index is -0.416. The predicted molar refractivity (Wildman–Crippen MR) is 44.4 cm³/mol. The molecule has 0 aromatic carbocycles. The second-order valence-electron chi connectivity index (χ2n) is 4.39. The highest BCUT2D eigenvalue weighted by Crippen LogP contribution is 2.33. The molecule has 1 aliphatic rings. The highest BCUT2D eigenvalue weighted by Gasteiger charge is 2.37. The summed E-state index contributed by atoms with van der Waals surface area (Å²) in [6.45, 7) is 10.2. The Hall–Kier alpha value is -0.0800. The van der Waals surface area contributed by atoms with E-state index in [4.69, 9.17) is 9.47 Å². The lowest BCUT2D eigenvalue weighted by atomic mass is 9.99. The molecule has 0 aromatic heterocycles. The maximum Gasteiger partial charge on any atom is 0.163 e. The van der Waals surface area contributed by atoms with Crippen molar-refractivity contribution in [3.8, 4) is 0 Å². The maximum absolute atomic E-state index is 5.71. The van der Waals surface area contributed by atoms with Gasteiger partial charge in [0.15, 0.2) is 5.79 Å². The first-order valence-corrected chi connectivity index (χ1v) is 4.19. The summed E-state index contributed by atoms with van der Waals surface area (Å²) < 4.78 is 11.3. The van der Waals surface area contributed by atoms with Crippen molar-refractivity contribution in [3.63, 3.8) is 0 Å². The molecule has 1 aliphatic heterocycles. The van der Waals surface area contributed by atoms with Gasteiger partial charge in [-0.05, 0) is 34.6 Å². The molecule has 11 heavy (non-hydrogen) atoms. The molecule has 0 N–H and O–H groups in total. The second-order valence-corrected chi connectivity index (χ2v) is 4.39. The molecular formula is C9H18O2. The van der Waals surface area contributed by atoms with Crippen LogP contribution in [0.3, 0.4) is 0 Å². The van der Waals surface area contributed by atoms with Gasteiger partial charge in [-0.3, -0.25) is 0 Å². The van der Waals surface area contributed by atoms with Crippen molar-refractivity contribution in [1.29, 1.82) is 0 Å². The lowest BCUT2D eigenvalue weighted by Crippen LogP contribution is -2.48. The van der Waals surface area contributed by atoms with Crippen LogP contribution >= 0.6 is 0 Å². The monoisotopic (exact) mass is 158 g/mol. The first-order chi connectivity index (χ1) is 4.81. The molecule has 2 heteroatoms. The summed E-state index contributed by atoms with van der Waals surface area (Å²) in [6.07, 6.45) is 1.27. The fourth-order valence-corrected chi connectivity index (χ4v) is 1.95. The molecule has 0 bridgehead atoms. The van der Waals surface area contributed by atoms with Crippen molar-refractivity contribution in [2.24, 2.45) is 0 Å². The summed E-state index contributed by atoms with van der Waals surface area (Å²) in [6, 6.07) is 0. The Morgan fingerprint density at radius 3 is 2.09 bits per heavy atom. The van der Waals surface area contributed by atoms with Gasteiger partial charge in [-0.2, -0.15) is 0 Å². The summed E-state index contributed by atoms with van der Waals surface area (Å²) in [5, 5.41) is 0. The zero-order valence-electron chi connectivity index (χ0n) is 8.10. The van der Waals surface area contributed by atoms with Crippen LogP contribution in [0.1, 0.15) is 41.0 Å². The number of hydrogen-bond donors (Lipinski definition) is 0. The molecule has 2 nitrogen and oxygen atoms in total. The van der Waals surface area contributed by atoms with Gasteiger partial charge in [-0.15, -0.1) is 0 Å². The van der Waals surface area contributed by atoms with Gasteiger partial charge in [0.1, 0.15) is 0 Å². The third kappa shape index (κ3) is 2.46. The molecule has 1 rings (SSSR count). The lowest BCUT2D eigenvalue weighted by Gasteiger charge is -2.44. The van der Waals surface area contributed by atoms with Gasteiger partial charge in [0.05, 0.1) is 11.7 Å². The van der Waals surface area contributed by atoms with Crippen LogP contribution in [-0.2, 0) is 9.47 Å². The smallest absolute Gasteiger partial charge is 0.163 e. The third-order valence-corrected chi connectivity index (χ3v) is 1.79. The van der Waals surface area contributed by atoms with E-state index in [2.05, 4.69) is 20.8 Å². The third-order valence-electron chi connectivity index (χ3n) is 1.79. The Bertz CT molecular complexity index is 134. The van der Waals surface area contributed by atoms with E-state index >= 15 is 0 Å². The first-order valence-electron chi connectivity index (χ1n) is 4.19. The van der Waals surface area contributed by atoms with Crippen molar-refractivity contribution in [3.05, 3.63) is 0 Å². The van der Waals surface area contributed by atoms with Gasteiger partial charge in [-0.1, -0.05) is 0 Å². The topological polar surface area (TPSA) is 18.5 Å². The Labute approximate surface area is 68.9 Å². The van der Waals surface area contributed by atoms with Gasteiger partial charge < -0.3 is 9.47 Å². The van der Waals surface area contributed by atoms with Crippen molar-refractivity contribution < 1.29 is 9.47 Å². The molecule has 1 atom stereocenters. The molecule has 66 valence electrons. The van der Waals surface area contributed by atoms with E-state index < -0.39 is 5.79 Å². The average molecular weight is 158 g/mol. The van der Waals surface area contributed by atoms with E-state index in [1.807, 2.05) is 13.8 Å². The van der Waals surface area contributed by atoms with Crippen LogP contribution in [0.4, 0.5) is 0 Å². The maximum atomic E-state index is 5.71. The largest absolute Gasteiger partial charge is 0.347 e. The Morgan fingerprint density at radius 2 is 1.73 bits per heavy atom. The minimum absolute atomic E-state index is 0.0405. The molecule has 1 saturated heterocycles. The summed E-state index contributed by atoms with van der Waals surface area (Å²) in [4.78, 5) is 0. The summed E-state index contributed by atoms with van der Waals surface area (Å²) in [5.41, 5.74) is -0.0405. The molecular weight excluding hydrogens is 140 g/mol. The van der Waals surface area contributed by atoms with E-state index in [1.54, 1.807) is 0 Å². The molecule has 1 fully saturated rings. The van der Waals surface area contributed by atoms with Crippen LogP contribution in [0.25, 0.3) is 0 Å². The van der Waals surface area contributed by atoms with Crippen molar-refractivity contribution >= 4 is 0 Å². The van der Waals surface area contributed by atoms with E-state index in [1.165, 1.54) is 0 Å². The van der Waals surface area contributed by atoms with Crippen LogP contribution in [0, 0.1) is 0 Å². The SMILES string of the molecule is CC1CC(C)(C)OC(C)(C)O1. The standard InChI is InChI=1S/C9H18O2/c1-7-6-8(2,3)11-9(4,5)10-7/h7H,6H2,1-5H3. The molecule has 1 unspecified atom stereocenters. The van der Waals surface area contributed by atoms with Gasteiger partial charge in [-0.25, -0.2) is 0 Å². The zero-order valence-corrected chi connectivity index (χ0v) is 8.10.